The maximum absolute atomic E-state index is 13.0. The Balaban J connectivity index is 1.87. The van der Waals surface area contributed by atoms with Gasteiger partial charge in [0, 0.05) is 17.7 Å². The minimum absolute atomic E-state index is 0.0321. The van der Waals surface area contributed by atoms with Crippen LogP contribution in [-0.4, -0.2) is 34.8 Å². The van der Waals surface area contributed by atoms with E-state index in [1.54, 1.807) is 29.2 Å². The van der Waals surface area contributed by atoms with E-state index in [2.05, 4.69) is 0 Å². The third-order valence-electron chi connectivity index (χ3n) is 4.50. The number of benzene rings is 2. The van der Waals surface area contributed by atoms with Gasteiger partial charge in [0.2, 0.25) is 0 Å². The summed E-state index contributed by atoms with van der Waals surface area (Å²) >= 11 is 0. The summed E-state index contributed by atoms with van der Waals surface area (Å²) in [5, 5.41) is 9.82. The Morgan fingerprint density at radius 3 is 2.33 bits per heavy atom. The zero-order valence-electron chi connectivity index (χ0n) is 13.5. The van der Waals surface area contributed by atoms with Crippen molar-refractivity contribution >= 4 is 12.2 Å². The third kappa shape index (κ3) is 3.71. The van der Waals surface area contributed by atoms with Crippen LogP contribution in [0.1, 0.15) is 39.1 Å². The molecule has 124 valence electrons. The Kier molecular flexibility index (Phi) is 5.06. The van der Waals surface area contributed by atoms with Gasteiger partial charge in [-0.25, -0.2) is 0 Å². The summed E-state index contributed by atoms with van der Waals surface area (Å²) in [5.74, 6) is 0.263. The molecule has 24 heavy (non-hydrogen) atoms. The first-order valence-corrected chi connectivity index (χ1v) is 8.24. The van der Waals surface area contributed by atoms with Gasteiger partial charge in [0.25, 0.3) is 5.91 Å². The number of aliphatic hydroxyl groups excluding tert-OH is 1. The van der Waals surface area contributed by atoms with Gasteiger partial charge in [-0.3, -0.25) is 9.59 Å². The van der Waals surface area contributed by atoms with Crippen molar-refractivity contribution < 1.29 is 14.7 Å². The predicted molar refractivity (Wildman–Crippen MR) is 91.7 cm³/mol. The molecule has 1 unspecified atom stereocenters. The minimum atomic E-state index is -0.163. The molecule has 1 N–H and O–H groups in total. The first-order chi connectivity index (χ1) is 11.7. The number of carbonyl (C=O) groups is 2. The van der Waals surface area contributed by atoms with E-state index in [0.717, 1.165) is 24.7 Å². The molecule has 4 nitrogen and oxygen atoms in total. The number of rotatable bonds is 7. The van der Waals surface area contributed by atoms with Gasteiger partial charge in [0.15, 0.2) is 0 Å². The topological polar surface area (TPSA) is 57.6 Å². The van der Waals surface area contributed by atoms with Crippen molar-refractivity contribution in [3.05, 3.63) is 71.3 Å². The molecule has 0 radical (unpaired) electrons. The second-order valence-electron chi connectivity index (χ2n) is 6.25. The van der Waals surface area contributed by atoms with E-state index in [1.165, 1.54) is 0 Å². The van der Waals surface area contributed by atoms with E-state index in [1.807, 2.05) is 30.3 Å². The average Bonchev–Trinajstić information content (AvgIpc) is 3.47. The van der Waals surface area contributed by atoms with Crippen LogP contribution in [0.4, 0.5) is 0 Å². The van der Waals surface area contributed by atoms with Crippen molar-refractivity contribution in [2.75, 3.05) is 6.61 Å². The summed E-state index contributed by atoms with van der Waals surface area (Å²) in [6.07, 6.45) is 2.86. The first-order valence-electron chi connectivity index (χ1n) is 8.24. The smallest absolute Gasteiger partial charge is 0.254 e. The number of nitrogens with zero attached hydrogens (tertiary/aromatic N) is 1. The fourth-order valence-corrected chi connectivity index (χ4v) is 2.97. The van der Waals surface area contributed by atoms with E-state index in [-0.39, 0.29) is 18.6 Å². The lowest BCUT2D eigenvalue weighted by Gasteiger charge is -2.31. The fraction of sp³-hybridized carbons (Fsp3) is 0.300. The summed E-state index contributed by atoms with van der Waals surface area (Å²) in [4.78, 5) is 25.6. The highest BCUT2D eigenvalue weighted by Crippen LogP contribution is 2.36. The lowest BCUT2D eigenvalue weighted by Crippen LogP contribution is -2.43. The highest BCUT2D eigenvalue weighted by Gasteiger charge is 2.37. The Morgan fingerprint density at radius 2 is 1.79 bits per heavy atom. The summed E-state index contributed by atoms with van der Waals surface area (Å²) in [5.41, 5.74) is 2.12. The molecule has 1 atom stereocenters. The lowest BCUT2D eigenvalue weighted by atomic mass is 10.1. The molecule has 1 fully saturated rings. The number of aliphatic hydroxyl groups is 1. The van der Waals surface area contributed by atoms with Gasteiger partial charge in [0.05, 0.1) is 12.6 Å². The van der Waals surface area contributed by atoms with Crippen LogP contribution in [0.3, 0.4) is 0 Å². The van der Waals surface area contributed by atoms with Gasteiger partial charge in [0.1, 0.15) is 6.29 Å². The van der Waals surface area contributed by atoms with Gasteiger partial charge in [-0.2, -0.15) is 0 Å². The second kappa shape index (κ2) is 7.41. The lowest BCUT2D eigenvalue weighted by molar-refractivity contribution is 0.0531. The van der Waals surface area contributed by atoms with E-state index in [4.69, 9.17) is 0 Å². The van der Waals surface area contributed by atoms with Crippen LogP contribution < -0.4 is 0 Å². The molecule has 0 aliphatic heterocycles. The van der Waals surface area contributed by atoms with Crippen LogP contribution >= 0.6 is 0 Å². The Labute approximate surface area is 141 Å². The van der Waals surface area contributed by atoms with Gasteiger partial charge in [-0.15, -0.1) is 0 Å². The molecule has 0 spiro atoms. The summed E-state index contributed by atoms with van der Waals surface area (Å²) in [6.45, 7) is 0.437. The van der Waals surface area contributed by atoms with E-state index in [9.17, 15) is 14.7 Å². The van der Waals surface area contributed by atoms with Crippen LogP contribution in [0.15, 0.2) is 54.6 Å². The van der Waals surface area contributed by atoms with Crippen molar-refractivity contribution in [1.29, 1.82) is 0 Å². The van der Waals surface area contributed by atoms with Crippen LogP contribution in [0.25, 0.3) is 0 Å². The third-order valence-corrected chi connectivity index (χ3v) is 4.50. The standard InChI is InChI=1S/C20H21NO3/c22-13-16-6-8-18(9-7-16)20(24)21(19(14-23)17-10-11-17)12-15-4-2-1-3-5-15/h1-9,13,17,19,23H,10-12,14H2. The van der Waals surface area contributed by atoms with Crippen molar-refractivity contribution in [1.82, 2.24) is 4.90 Å². The van der Waals surface area contributed by atoms with Crippen molar-refractivity contribution in [3.63, 3.8) is 0 Å². The largest absolute Gasteiger partial charge is 0.394 e. The normalized spacial score (nSPS) is 14.9. The number of amides is 1. The number of hydrogen-bond donors (Lipinski definition) is 1. The zero-order valence-corrected chi connectivity index (χ0v) is 13.5. The van der Waals surface area contributed by atoms with E-state index < -0.39 is 0 Å². The quantitative estimate of drug-likeness (QED) is 0.797. The van der Waals surface area contributed by atoms with Crippen LogP contribution in [0, 0.1) is 5.92 Å². The van der Waals surface area contributed by atoms with Crippen molar-refractivity contribution in [3.8, 4) is 0 Å². The average molecular weight is 323 g/mol. The number of aldehydes is 1. The molecule has 2 aromatic carbocycles. The first kappa shape index (κ1) is 16.4. The van der Waals surface area contributed by atoms with Gasteiger partial charge >= 0.3 is 0 Å². The van der Waals surface area contributed by atoms with E-state index >= 15 is 0 Å². The SMILES string of the molecule is O=Cc1ccc(C(=O)N(Cc2ccccc2)C(CO)C2CC2)cc1. The Hall–Kier alpha value is -2.46. The molecular formula is C20H21NO3. The molecule has 0 bridgehead atoms. The molecule has 1 aliphatic rings. The molecule has 1 amide bonds. The minimum Gasteiger partial charge on any atom is -0.394 e. The highest BCUT2D eigenvalue weighted by molar-refractivity contribution is 5.95. The van der Waals surface area contributed by atoms with Crippen molar-refractivity contribution in [2.45, 2.75) is 25.4 Å². The predicted octanol–water partition coefficient (Wildman–Crippen LogP) is 2.91. The van der Waals surface area contributed by atoms with Crippen LogP contribution in [0.2, 0.25) is 0 Å². The van der Waals surface area contributed by atoms with Gasteiger partial charge in [-0.1, -0.05) is 42.5 Å². The summed E-state index contributed by atoms with van der Waals surface area (Å²) in [7, 11) is 0. The maximum Gasteiger partial charge on any atom is 0.254 e. The highest BCUT2D eigenvalue weighted by atomic mass is 16.3. The number of hydrogen-bond acceptors (Lipinski definition) is 3. The number of carbonyl (C=O) groups excluding carboxylic acids is 2. The molecular weight excluding hydrogens is 302 g/mol. The monoisotopic (exact) mass is 323 g/mol. The van der Waals surface area contributed by atoms with Crippen LogP contribution in [0.5, 0.6) is 0 Å². The molecule has 0 aromatic heterocycles. The fourth-order valence-electron chi connectivity index (χ4n) is 2.97. The Bertz CT molecular complexity index is 693. The van der Waals surface area contributed by atoms with Crippen LogP contribution in [-0.2, 0) is 6.54 Å². The van der Waals surface area contributed by atoms with Crippen molar-refractivity contribution in [2.24, 2.45) is 5.92 Å². The van der Waals surface area contributed by atoms with Gasteiger partial charge in [-0.05, 0) is 36.5 Å². The Morgan fingerprint density at radius 1 is 1.12 bits per heavy atom. The zero-order chi connectivity index (χ0) is 16.9. The summed E-state index contributed by atoms with van der Waals surface area (Å²) in [6, 6.07) is 16.3. The molecule has 2 aromatic rings. The molecule has 1 aliphatic carbocycles. The molecule has 3 rings (SSSR count). The molecule has 0 heterocycles. The maximum atomic E-state index is 13.0. The molecule has 0 saturated heterocycles. The second-order valence-corrected chi connectivity index (χ2v) is 6.25. The summed E-state index contributed by atoms with van der Waals surface area (Å²) < 4.78 is 0. The van der Waals surface area contributed by atoms with Gasteiger partial charge < -0.3 is 10.0 Å². The molecule has 1 saturated carbocycles. The van der Waals surface area contributed by atoms with E-state index in [0.29, 0.717) is 23.6 Å². The molecule has 4 heteroatoms.